The molecule has 0 radical (unpaired) electrons. The van der Waals surface area contributed by atoms with E-state index in [1.807, 2.05) is 20.8 Å². The number of hydrogen-bond donors (Lipinski definition) is 1. The van der Waals surface area contributed by atoms with Crippen LogP contribution in [0.4, 0.5) is 0 Å². The molecule has 0 atom stereocenters. The highest BCUT2D eigenvalue weighted by Gasteiger charge is 2.17. The smallest absolute Gasteiger partial charge is 0.270 e. The first-order chi connectivity index (χ1) is 7.99. The van der Waals surface area contributed by atoms with Gasteiger partial charge in [-0.3, -0.25) is 9.20 Å². The molecule has 0 aliphatic heterocycles. The number of amides is 1. The Labute approximate surface area is 105 Å². The number of halogens is 1. The third-order valence-corrected chi connectivity index (χ3v) is 2.62. The Morgan fingerprint density at radius 3 is 2.82 bits per heavy atom. The topological polar surface area (TPSA) is 46.4 Å². The Balaban J connectivity index is 2.55. The number of nitrogens with zero attached hydrogens (tertiary/aromatic N) is 2. The average molecular weight is 252 g/mol. The van der Waals surface area contributed by atoms with Crippen molar-refractivity contribution in [2.45, 2.75) is 26.8 Å². The number of carbonyl (C=O) groups is 1. The zero-order valence-corrected chi connectivity index (χ0v) is 10.7. The maximum Gasteiger partial charge on any atom is 0.270 e. The third kappa shape index (κ3) is 2.26. The number of rotatable bonds is 2. The number of aromatic nitrogens is 2. The molecule has 4 nitrogen and oxygen atoms in total. The first kappa shape index (κ1) is 11.9. The highest BCUT2D eigenvalue weighted by atomic mass is 35.5. The maximum absolute atomic E-state index is 12.0. The lowest BCUT2D eigenvalue weighted by atomic mass is 10.3. The predicted molar refractivity (Wildman–Crippen MR) is 67.5 cm³/mol. The lowest BCUT2D eigenvalue weighted by Gasteiger charge is -2.08. The summed E-state index contributed by atoms with van der Waals surface area (Å²) >= 11 is 5.93. The van der Waals surface area contributed by atoms with Gasteiger partial charge >= 0.3 is 0 Å². The molecule has 5 heteroatoms. The molecule has 90 valence electrons. The summed E-state index contributed by atoms with van der Waals surface area (Å²) in [7, 11) is 0. The van der Waals surface area contributed by atoms with E-state index in [0.717, 1.165) is 5.65 Å². The SMILES string of the molecule is Cc1nc2ccc(Cl)cn2c1C(=O)NC(C)C. The number of imidazole rings is 1. The van der Waals surface area contributed by atoms with Crippen LogP contribution in [-0.4, -0.2) is 21.3 Å². The van der Waals surface area contributed by atoms with Crippen molar-refractivity contribution in [3.8, 4) is 0 Å². The molecule has 2 aromatic heterocycles. The van der Waals surface area contributed by atoms with Crippen LogP contribution in [0.3, 0.4) is 0 Å². The van der Waals surface area contributed by atoms with Crippen LogP contribution in [0.15, 0.2) is 18.3 Å². The zero-order chi connectivity index (χ0) is 12.6. The highest BCUT2D eigenvalue weighted by Crippen LogP contribution is 2.16. The second-order valence-electron chi connectivity index (χ2n) is 4.25. The number of carbonyl (C=O) groups excluding carboxylic acids is 1. The zero-order valence-electron chi connectivity index (χ0n) is 9.99. The van der Waals surface area contributed by atoms with E-state index in [4.69, 9.17) is 11.6 Å². The summed E-state index contributed by atoms with van der Waals surface area (Å²) in [6.45, 7) is 5.66. The van der Waals surface area contributed by atoms with Crippen LogP contribution in [0.25, 0.3) is 5.65 Å². The maximum atomic E-state index is 12.0. The standard InChI is InChI=1S/C12H14ClN3O/c1-7(2)14-12(17)11-8(3)15-10-5-4-9(13)6-16(10)11/h4-7H,1-3H3,(H,14,17). The molecule has 0 unspecified atom stereocenters. The second-order valence-corrected chi connectivity index (χ2v) is 4.69. The van der Waals surface area contributed by atoms with Crippen molar-refractivity contribution in [2.24, 2.45) is 0 Å². The van der Waals surface area contributed by atoms with Crippen LogP contribution in [0.2, 0.25) is 5.02 Å². The molecule has 17 heavy (non-hydrogen) atoms. The second kappa shape index (κ2) is 4.37. The van der Waals surface area contributed by atoms with Gasteiger partial charge in [0.05, 0.1) is 10.7 Å². The van der Waals surface area contributed by atoms with E-state index in [-0.39, 0.29) is 11.9 Å². The molecule has 0 spiro atoms. The predicted octanol–water partition coefficient (Wildman–Crippen LogP) is 2.43. The lowest BCUT2D eigenvalue weighted by Crippen LogP contribution is -2.31. The van der Waals surface area contributed by atoms with E-state index < -0.39 is 0 Å². The molecule has 1 N–H and O–H groups in total. The van der Waals surface area contributed by atoms with E-state index in [2.05, 4.69) is 10.3 Å². The van der Waals surface area contributed by atoms with Crippen molar-refractivity contribution in [2.75, 3.05) is 0 Å². The Kier molecular flexibility index (Phi) is 3.07. The molecule has 0 bridgehead atoms. The van der Waals surface area contributed by atoms with Gasteiger partial charge in [-0.2, -0.15) is 0 Å². The Bertz CT molecular complexity index is 574. The van der Waals surface area contributed by atoms with E-state index in [1.54, 1.807) is 22.7 Å². The Hall–Kier alpha value is -1.55. The number of aryl methyl sites for hydroxylation is 1. The quantitative estimate of drug-likeness (QED) is 0.891. The van der Waals surface area contributed by atoms with Crippen molar-refractivity contribution in [3.63, 3.8) is 0 Å². The van der Waals surface area contributed by atoms with Crippen LogP contribution < -0.4 is 5.32 Å². The minimum atomic E-state index is -0.132. The molecule has 0 aliphatic rings. The van der Waals surface area contributed by atoms with Crippen LogP contribution in [0, 0.1) is 6.92 Å². The fourth-order valence-electron chi connectivity index (χ4n) is 1.74. The van der Waals surface area contributed by atoms with Crippen molar-refractivity contribution in [1.82, 2.24) is 14.7 Å². The average Bonchev–Trinajstić information content (AvgIpc) is 2.52. The molecule has 0 fully saturated rings. The van der Waals surface area contributed by atoms with Crippen molar-refractivity contribution >= 4 is 23.2 Å². The summed E-state index contributed by atoms with van der Waals surface area (Å²) in [5.41, 5.74) is 1.96. The number of pyridine rings is 1. The van der Waals surface area contributed by atoms with Crippen LogP contribution in [0.5, 0.6) is 0 Å². The number of hydrogen-bond acceptors (Lipinski definition) is 2. The van der Waals surface area contributed by atoms with Gasteiger partial charge in [-0.1, -0.05) is 11.6 Å². The van der Waals surface area contributed by atoms with Crippen LogP contribution in [0.1, 0.15) is 30.0 Å². The molecule has 2 aromatic rings. The summed E-state index contributed by atoms with van der Waals surface area (Å²) in [6, 6.07) is 3.64. The molecule has 0 aromatic carbocycles. The highest BCUT2D eigenvalue weighted by molar-refractivity contribution is 6.30. The first-order valence-corrected chi connectivity index (χ1v) is 5.82. The monoisotopic (exact) mass is 251 g/mol. The number of fused-ring (bicyclic) bond motifs is 1. The van der Waals surface area contributed by atoms with Gasteiger partial charge < -0.3 is 5.32 Å². The van der Waals surface area contributed by atoms with Gasteiger partial charge in [0, 0.05) is 12.2 Å². The summed E-state index contributed by atoms with van der Waals surface area (Å²) in [5.74, 6) is -0.132. The van der Waals surface area contributed by atoms with Gasteiger partial charge in [0.2, 0.25) is 0 Å². The number of nitrogens with one attached hydrogen (secondary N) is 1. The normalized spacial score (nSPS) is 11.1. The van der Waals surface area contributed by atoms with E-state index in [9.17, 15) is 4.79 Å². The summed E-state index contributed by atoms with van der Waals surface area (Å²) < 4.78 is 1.72. The van der Waals surface area contributed by atoms with Gasteiger partial charge in [0.15, 0.2) is 0 Å². The van der Waals surface area contributed by atoms with Gasteiger partial charge in [0.1, 0.15) is 11.3 Å². The Morgan fingerprint density at radius 1 is 1.47 bits per heavy atom. The Morgan fingerprint density at radius 2 is 2.18 bits per heavy atom. The van der Waals surface area contributed by atoms with Gasteiger partial charge in [-0.05, 0) is 32.9 Å². The van der Waals surface area contributed by atoms with Gasteiger partial charge in [-0.15, -0.1) is 0 Å². The van der Waals surface area contributed by atoms with E-state index >= 15 is 0 Å². The fraction of sp³-hybridized carbons (Fsp3) is 0.333. The van der Waals surface area contributed by atoms with Crippen LogP contribution in [-0.2, 0) is 0 Å². The largest absolute Gasteiger partial charge is 0.349 e. The molecule has 2 heterocycles. The lowest BCUT2D eigenvalue weighted by molar-refractivity contribution is 0.0936. The fourth-order valence-corrected chi connectivity index (χ4v) is 1.90. The third-order valence-electron chi connectivity index (χ3n) is 2.39. The minimum Gasteiger partial charge on any atom is -0.349 e. The molecular formula is C12H14ClN3O. The molecular weight excluding hydrogens is 238 g/mol. The van der Waals surface area contributed by atoms with Crippen molar-refractivity contribution in [3.05, 3.63) is 34.7 Å². The van der Waals surface area contributed by atoms with E-state index in [0.29, 0.717) is 16.4 Å². The summed E-state index contributed by atoms with van der Waals surface area (Å²) in [5, 5.41) is 3.43. The molecule has 0 saturated heterocycles. The summed E-state index contributed by atoms with van der Waals surface area (Å²) in [6.07, 6.45) is 1.70. The molecule has 0 saturated carbocycles. The molecule has 0 aliphatic carbocycles. The van der Waals surface area contributed by atoms with Crippen molar-refractivity contribution < 1.29 is 4.79 Å². The summed E-state index contributed by atoms with van der Waals surface area (Å²) in [4.78, 5) is 16.4. The first-order valence-electron chi connectivity index (χ1n) is 5.44. The minimum absolute atomic E-state index is 0.0895. The molecule has 1 amide bonds. The van der Waals surface area contributed by atoms with Crippen LogP contribution >= 0.6 is 11.6 Å². The van der Waals surface area contributed by atoms with Gasteiger partial charge in [-0.25, -0.2) is 4.98 Å². The van der Waals surface area contributed by atoms with Crippen molar-refractivity contribution in [1.29, 1.82) is 0 Å². The molecule has 2 rings (SSSR count). The van der Waals surface area contributed by atoms with E-state index in [1.165, 1.54) is 0 Å². The van der Waals surface area contributed by atoms with Gasteiger partial charge in [0.25, 0.3) is 5.91 Å².